The maximum absolute atomic E-state index is 13.9. The number of aliphatic hydroxyl groups excluding tert-OH is 1. The number of Topliss-reactive ketones (excluding diaryl/α,β-unsaturated/α-hetero) is 1. The molecule has 0 aromatic carbocycles. The zero-order valence-corrected chi connectivity index (χ0v) is 24.2. The normalized spacial score (nSPS) is 47.5. The Bertz CT molecular complexity index is 979. The summed E-state index contributed by atoms with van der Waals surface area (Å²) in [6, 6.07) is 0.491. The summed E-state index contributed by atoms with van der Waals surface area (Å²) < 4.78 is 6.34. The second-order valence-corrected chi connectivity index (χ2v) is 15.0. The van der Waals surface area contributed by atoms with Gasteiger partial charge in [-0.2, -0.15) is 0 Å². The van der Waals surface area contributed by atoms with E-state index in [9.17, 15) is 9.90 Å². The highest BCUT2D eigenvalue weighted by molar-refractivity contribution is 5.84. The molecule has 3 saturated carbocycles. The second kappa shape index (κ2) is 8.40. The molecule has 0 spiro atoms. The lowest BCUT2D eigenvalue weighted by Gasteiger charge is -2.56. The van der Waals surface area contributed by atoms with Crippen LogP contribution in [0.25, 0.3) is 0 Å². The number of carbonyl (C=O) groups is 1. The van der Waals surface area contributed by atoms with Crippen LogP contribution >= 0.6 is 0 Å². The molecule has 10 atom stereocenters. The first-order valence-electron chi connectivity index (χ1n) is 14.4. The van der Waals surface area contributed by atoms with Crippen molar-refractivity contribution in [2.75, 3.05) is 20.7 Å². The van der Waals surface area contributed by atoms with Crippen LogP contribution < -0.4 is 0 Å². The third-order valence-corrected chi connectivity index (χ3v) is 11.9. The number of aliphatic hydroxyl groups is 1. The smallest absolute Gasteiger partial charge is 0.189 e. The summed E-state index contributed by atoms with van der Waals surface area (Å²) in [5.74, 6) is 2.27. The maximum Gasteiger partial charge on any atom is 0.189 e. The molecule has 0 aromatic rings. The van der Waals surface area contributed by atoms with E-state index in [1.807, 2.05) is 0 Å². The summed E-state index contributed by atoms with van der Waals surface area (Å²) in [5.41, 5.74) is 1.19. The first-order chi connectivity index (χ1) is 16.6. The Morgan fingerprint density at radius 3 is 2.50 bits per heavy atom. The Balaban J connectivity index is 1.48. The number of hydrogen-bond acceptors (Lipinski definition) is 5. The lowest BCUT2D eigenvalue weighted by molar-refractivity contribution is -0.147. The van der Waals surface area contributed by atoms with Crippen molar-refractivity contribution in [1.82, 2.24) is 4.90 Å². The fourth-order valence-corrected chi connectivity index (χ4v) is 9.49. The van der Waals surface area contributed by atoms with E-state index >= 15 is 0 Å². The highest BCUT2D eigenvalue weighted by Gasteiger charge is 2.68. The average Bonchev–Trinajstić information content (AvgIpc) is 2.90. The van der Waals surface area contributed by atoms with Gasteiger partial charge in [0.25, 0.3) is 0 Å². The monoisotopic (exact) mass is 498 g/mol. The standard InChI is InChI=1S/C31H50N2O3/c1-18(33(8)9)26-24(35)16-30(6)22-12-11-21-19(14-20(22)23(34)15-31(26,30)7)10-13-25-29(21,5)17-36-27(32-25)28(2,3)4/h10,18,20-22,24-26,35H,11-17H2,1-9H3/t18-,20+,21+,22+,24+,25-,26-,29-,30-,31+/m0/s1. The van der Waals surface area contributed by atoms with Crippen molar-refractivity contribution >= 4 is 11.7 Å². The minimum absolute atomic E-state index is 0.0171. The summed E-state index contributed by atoms with van der Waals surface area (Å²) in [5, 5.41) is 11.4. The van der Waals surface area contributed by atoms with E-state index in [0.29, 0.717) is 24.0 Å². The molecular weight excluding hydrogens is 448 g/mol. The van der Waals surface area contributed by atoms with Gasteiger partial charge in [0.05, 0.1) is 18.8 Å². The van der Waals surface area contributed by atoms with E-state index < -0.39 is 0 Å². The molecular formula is C31H50N2O3. The molecule has 36 heavy (non-hydrogen) atoms. The SMILES string of the molecule is C[C@@H]([C@H]1[C@H](O)C[C@@]2(C)[C@@H]3CC[C@@H]4C(=CC[C@@H]5N=C(C(C)(C)C)OC[C@]54C)C[C@H]3C(=O)C[C@]12C)N(C)C. The van der Waals surface area contributed by atoms with E-state index in [-0.39, 0.29) is 51.7 Å². The number of hydrogen-bond donors (Lipinski definition) is 1. The number of ketones is 1. The Hall–Kier alpha value is -1.20. The first-order valence-corrected chi connectivity index (χ1v) is 14.4. The van der Waals surface area contributed by atoms with Crippen LogP contribution in [0.15, 0.2) is 16.6 Å². The van der Waals surface area contributed by atoms with E-state index in [1.165, 1.54) is 5.57 Å². The molecule has 0 unspecified atom stereocenters. The van der Waals surface area contributed by atoms with E-state index in [0.717, 1.165) is 44.6 Å². The predicted molar refractivity (Wildman–Crippen MR) is 145 cm³/mol. The summed E-state index contributed by atoms with van der Waals surface area (Å²) in [6.07, 6.45) is 7.49. The van der Waals surface area contributed by atoms with Crippen molar-refractivity contribution in [3.05, 3.63) is 11.6 Å². The topological polar surface area (TPSA) is 62.1 Å². The van der Waals surface area contributed by atoms with Crippen LogP contribution in [0.5, 0.6) is 0 Å². The third-order valence-electron chi connectivity index (χ3n) is 11.9. The number of carbonyl (C=O) groups excluding carboxylic acids is 1. The van der Waals surface area contributed by atoms with Crippen LogP contribution in [0.1, 0.15) is 87.0 Å². The van der Waals surface area contributed by atoms with Gasteiger partial charge >= 0.3 is 0 Å². The van der Waals surface area contributed by atoms with Crippen molar-refractivity contribution in [2.45, 2.75) is 105 Å². The van der Waals surface area contributed by atoms with Crippen molar-refractivity contribution in [3.8, 4) is 0 Å². The molecule has 4 aliphatic carbocycles. The number of aliphatic imine (C=N–C) groups is 1. The highest BCUT2D eigenvalue weighted by Crippen LogP contribution is 2.69. The summed E-state index contributed by atoms with van der Waals surface area (Å²) in [4.78, 5) is 21.3. The number of ether oxygens (including phenoxy) is 1. The number of nitrogens with zero attached hydrogens (tertiary/aromatic N) is 2. The van der Waals surface area contributed by atoms with Gasteiger partial charge in [-0.05, 0) is 75.8 Å². The molecule has 5 rings (SSSR count). The van der Waals surface area contributed by atoms with Crippen LogP contribution in [0.2, 0.25) is 0 Å². The van der Waals surface area contributed by atoms with Gasteiger partial charge in [-0.25, -0.2) is 0 Å². The van der Waals surface area contributed by atoms with Crippen LogP contribution in [-0.4, -0.2) is 60.6 Å². The van der Waals surface area contributed by atoms with E-state index in [1.54, 1.807) is 0 Å². The largest absolute Gasteiger partial charge is 0.480 e. The van der Waals surface area contributed by atoms with Gasteiger partial charge in [0.1, 0.15) is 5.78 Å². The Morgan fingerprint density at radius 1 is 1.17 bits per heavy atom. The van der Waals surface area contributed by atoms with Gasteiger partial charge in [-0.1, -0.05) is 53.2 Å². The van der Waals surface area contributed by atoms with E-state index in [4.69, 9.17) is 9.73 Å². The quantitative estimate of drug-likeness (QED) is 0.510. The molecule has 1 N–H and O–H groups in total. The Kier molecular flexibility index (Phi) is 6.16. The second-order valence-electron chi connectivity index (χ2n) is 15.0. The van der Waals surface area contributed by atoms with Gasteiger partial charge in [0.15, 0.2) is 5.90 Å². The summed E-state index contributed by atoms with van der Waals surface area (Å²) >= 11 is 0. The minimum Gasteiger partial charge on any atom is -0.480 e. The van der Waals surface area contributed by atoms with E-state index in [2.05, 4.69) is 73.5 Å². The zero-order chi connectivity index (χ0) is 26.4. The van der Waals surface area contributed by atoms with Gasteiger partial charge in [0, 0.05) is 35.1 Å². The highest BCUT2D eigenvalue weighted by atomic mass is 16.5. The lowest BCUT2D eigenvalue weighted by atomic mass is 9.48. The number of rotatable bonds is 2. The predicted octanol–water partition coefficient (Wildman–Crippen LogP) is 5.52. The third kappa shape index (κ3) is 3.61. The minimum atomic E-state index is -0.354. The summed E-state index contributed by atoms with van der Waals surface area (Å²) in [7, 11) is 4.20. The molecule has 5 heteroatoms. The lowest BCUT2D eigenvalue weighted by Crippen LogP contribution is -2.55. The molecule has 5 aliphatic rings. The zero-order valence-electron chi connectivity index (χ0n) is 24.2. The Morgan fingerprint density at radius 2 is 1.86 bits per heavy atom. The maximum atomic E-state index is 13.9. The fourth-order valence-electron chi connectivity index (χ4n) is 9.49. The first kappa shape index (κ1) is 26.4. The summed E-state index contributed by atoms with van der Waals surface area (Å²) in [6.45, 7) is 16.6. The molecule has 5 nitrogen and oxygen atoms in total. The van der Waals surface area contributed by atoms with Crippen molar-refractivity contribution in [2.24, 2.45) is 50.3 Å². The molecule has 202 valence electrons. The van der Waals surface area contributed by atoms with Crippen molar-refractivity contribution < 1.29 is 14.6 Å². The van der Waals surface area contributed by atoms with Gasteiger partial charge in [-0.15, -0.1) is 0 Å². The molecule has 0 radical (unpaired) electrons. The molecule has 0 bridgehead atoms. The molecule has 0 amide bonds. The molecule has 1 aliphatic heterocycles. The van der Waals surface area contributed by atoms with Gasteiger partial charge < -0.3 is 14.7 Å². The van der Waals surface area contributed by atoms with Gasteiger partial charge in [-0.3, -0.25) is 9.79 Å². The molecule has 3 fully saturated rings. The molecule has 0 aromatic heterocycles. The van der Waals surface area contributed by atoms with Crippen LogP contribution in [-0.2, 0) is 9.53 Å². The number of allylic oxidation sites excluding steroid dienone is 1. The van der Waals surface area contributed by atoms with Crippen molar-refractivity contribution in [3.63, 3.8) is 0 Å². The fraction of sp³-hybridized carbons (Fsp3) is 0.871. The Labute approximate surface area is 219 Å². The van der Waals surface area contributed by atoms with Crippen LogP contribution in [0.4, 0.5) is 0 Å². The van der Waals surface area contributed by atoms with Crippen LogP contribution in [0.3, 0.4) is 0 Å². The average molecular weight is 499 g/mol. The van der Waals surface area contributed by atoms with Gasteiger partial charge in [0.2, 0.25) is 0 Å². The van der Waals surface area contributed by atoms with Crippen molar-refractivity contribution in [1.29, 1.82) is 0 Å². The molecule has 0 saturated heterocycles. The molecule has 1 heterocycles. The van der Waals surface area contributed by atoms with Crippen LogP contribution in [0, 0.1) is 45.3 Å². The number of fused-ring (bicyclic) bond motifs is 6.